The van der Waals surface area contributed by atoms with E-state index in [1.807, 2.05) is 39.1 Å². The summed E-state index contributed by atoms with van der Waals surface area (Å²) in [6.45, 7) is 7.02. The SMILES string of the molecule is CCCCN(C)C(=O)COc1c(C)cccc1C. The molecule has 0 aliphatic carbocycles. The van der Waals surface area contributed by atoms with Crippen molar-refractivity contribution in [2.75, 3.05) is 20.2 Å². The number of carbonyl (C=O) groups excluding carboxylic acids is 1. The van der Waals surface area contributed by atoms with Crippen LogP contribution in [0.3, 0.4) is 0 Å². The fourth-order valence-electron chi connectivity index (χ4n) is 1.79. The van der Waals surface area contributed by atoms with E-state index in [2.05, 4.69) is 6.92 Å². The van der Waals surface area contributed by atoms with Crippen LogP contribution in [0.5, 0.6) is 5.75 Å². The first-order valence-electron chi connectivity index (χ1n) is 6.49. The van der Waals surface area contributed by atoms with E-state index in [0.29, 0.717) is 0 Å². The van der Waals surface area contributed by atoms with Crippen LogP contribution in [0, 0.1) is 13.8 Å². The number of para-hydroxylation sites is 1. The molecule has 0 heterocycles. The Morgan fingerprint density at radius 1 is 1.28 bits per heavy atom. The van der Waals surface area contributed by atoms with Gasteiger partial charge in [-0.25, -0.2) is 0 Å². The molecule has 3 nitrogen and oxygen atoms in total. The van der Waals surface area contributed by atoms with Crippen LogP contribution in [0.1, 0.15) is 30.9 Å². The molecule has 0 unspecified atom stereocenters. The number of rotatable bonds is 6. The predicted octanol–water partition coefficient (Wildman–Crippen LogP) is 2.94. The minimum absolute atomic E-state index is 0.0334. The summed E-state index contributed by atoms with van der Waals surface area (Å²) in [5.41, 5.74) is 2.14. The number of hydrogen-bond donors (Lipinski definition) is 0. The quantitative estimate of drug-likeness (QED) is 0.775. The molecule has 0 aliphatic rings. The predicted molar refractivity (Wildman–Crippen MR) is 74.0 cm³/mol. The van der Waals surface area contributed by atoms with Gasteiger partial charge in [-0.15, -0.1) is 0 Å². The van der Waals surface area contributed by atoms with Gasteiger partial charge in [0.2, 0.25) is 0 Å². The average Bonchev–Trinajstić information content (AvgIpc) is 2.35. The number of hydrogen-bond acceptors (Lipinski definition) is 2. The summed E-state index contributed by atoms with van der Waals surface area (Å²) in [5.74, 6) is 0.862. The van der Waals surface area contributed by atoms with Gasteiger partial charge in [-0.05, 0) is 31.4 Å². The van der Waals surface area contributed by atoms with Gasteiger partial charge in [-0.2, -0.15) is 0 Å². The molecule has 18 heavy (non-hydrogen) atoms. The Labute approximate surface area is 110 Å². The molecule has 0 saturated carbocycles. The monoisotopic (exact) mass is 249 g/mol. The van der Waals surface area contributed by atoms with Crippen LogP contribution in [0.15, 0.2) is 18.2 Å². The molecule has 100 valence electrons. The van der Waals surface area contributed by atoms with Crippen molar-refractivity contribution in [3.8, 4) is 5.75 Å². The van der Waals surface area contributed by atoms with E-state index in [1.165, 1.54) is 0 Å². The smallest absolute Gasteiger partial charge is 0.260 e. The van der Waals surface area contributed by atoms with Crippen molar-refractivity contribution < 1.29 is 9.53 Å². The van der Waals surface area contributed by atoms with Crippen molar-refractivity contribution >= 4 is 5.91 Å². The van der Waals surface area contributed by atoms with Gasteiger partial charge < -0.3 is 9.64 Å². The zero-order valence-corrected chi connectivity index (χ0v) is 11.8. The number of carbonyl (C=O) groups is 1. The lowest BCUT2D eigenvalue weighted by Crippen LogP contribution is -2.32. The number of amides is 1. The average molecular weight is 249 g/mol. The summed E-state index contributed by atoms with van der Waals surface area (Å²) >= 11 is 0. The molecular formula is C15H23NO2. The molecule has 0 N–H and O–H groups in total. The van der Waals surface area contributed by atoms with E-state index in [0.717, 1.165) is 36.3 Å². The summed E-state index contributed by atoms with van der Waals surface area (Å²) in [4.78, 5) is 13.6. The standard InChI is InChI=1S/C15H23NO2/c1-5-6-10-16(4)14(17)11-18-15-12(2)8-7-9-13(15)3/h7-9H,5-6,10-11H2,1-4H3. The third kappa shape index (κ3) is 4.06. The molecule has 1 amide bonds. The molecule has 3 heteroatoms. The Morgan fingerprint density at radius 3 is 2.44 bits per heavy atom. The van der Waals surface area contributed by atoms with E-state index in [4.69, 9.17) is 4.74 Å². The fourth-order valence-corrected chi connectivity index (χ4v) is 1.79. The van der Waals surface area contributed by atoms with E-state index in [9.17, 15) is 4.79 Å². The van der Waals surface area contributed by atoms with Crippen LogP contribution in [0.4, 0.5) is 0 Å². The largest absolute Gasteiger partial charge is 0.483 e. The highest BCUT2D eigenvalue weighted by molar-refractivity contribution is 5.77. The lowest BCUT2D eigenvalue weighted by molar-refractivity contribution is -0.132. The second kappa shape index (κ2) is 7.04. The van der Waals surface area contributed by atoms with Gasteiger partial charge in [0.1, 0.15) is 5.75 Å². The van der Waals surface area contributed by atoms with Gasteiger partial charge in [0.05, 0.1) is 0 Å². The van der Waals surface area contributed by atoms with E-state index < -0.39 is 0 Å². The molecule has 0 saturated heterocycles. The second-order valence-electron chi connectivity index (χ2n) is 4.68. The third-order valence-electron chi connectivity index (χ3n) is 3.02. The first-order valence-corrected chi connectivity index (χ1v) is 6.49. The van der Waals surface area contributed by atoms with Crippen LogP contribution in [-0.2, 0) is 4.79 Å². The summed E-state index contributed by atoms with van der Waals surface area (Å²) < 4.78 is 5.64. The molecule has 0 spiro atoms. The Balaban J connectivity index is 2.52. The molecule has 1 aromatic carbocycles. The lowest BCUT2D eigenvalue weighted by Gasteiger charge is -2.18. The van der Waals surface area contributed by atoms with Crippen molar-refractivity contribution in [2.24, 2.45) is 0 Å². The van der Waals surface area contributed by atoms with Gasteiger partial charge >= 0.3 is 0 Å². The summed E-state index contributed by atoms with van der Waals surface area (Å²) in [6, 6.07) is 5.98. The van der Waals surface area contributed by atoms with Crippen molar-refractivity contribution in [2.45, 2.75) is 33.6 Å². The van der Waals surface area contributed by atoms with Crippen molar-refractivity contribution in [3.63, 3.8) is 0 Å². The minimum Gasteiger partial charge on any atom is -0.483 e. The Kier molecular flexibility index (Phi) is 5.69. The first kappa shape index (κ1) is 14.6. The minimum atomic E-state index is 0.0334. The Morgan fingerprint density at radius 2 is 1.89 bits per heavy atom. The van der Waals surface area contributed by atoms with Gasteiger partial charge in [0.15, 0.2) is 6.61 Å². The van der Waals surface area contributed by atoms with Crippen LogP contribution in [0.2, 0.25) is 0 Å². The topological polar surface area (TPSA) is 29.5 Å². The van der Waals surface area contributed by atoms with Crippen molar-refractivity contribution in [3.05, 3.63) is 29.3 Å². The summed E-state index contributed by atoms with van der Waals surface area (Å²) in [5, 5.41) is 0. The van der Waals surface area contributed by atoms with E-state index >= 15 is 0 Å². The number of benzene rings is 1. The van der Waals surface area contributed by atoms with Crippen molar-refractivity contribution in [1.29, 1.82) is 0 Å². The summed E-state index contributed by atoms with van der Waals surface area (Å²) in [6.07, 6.45) is 2.13. The maximum absolute atomic E-state index is 11.8. The van der Waals surface area contributed by atoms with Crippen LogP contribution in [-0.4, -0.2) is 31.0 Å². The lowest BCUT2D eigenvalue weighted by atomic mass is 10.1. The van der Waals surface area contributed by atoms with E-state index in [-0.39, 0.29) is 12.5 Å². The molecule has 0 fully saturated rings. The number of unbranched alkanes of at least 4 members (excludes halogenated alkanes) is 1. The molecule has 0 radical (unpaired) electrons. The van der Waals surface area contributed by atoms with Gasteiger partial charge in [0, 0.05) is 13.6 Å². The molecular weight excluding hydrogens is 226 g/mol. The second-order valence-corrected chi connectivity index (χ2v) is 4.68. The van der Waals surface area contributed by atoms with Crippen LogP contribution >= 0.6 is 0 Å². The highest BCUT2D eigenvalue weighted by Crippen LogP contribution is 2.22. The van der Waals surface area contributed by atoms with Gasteiger partial charge in [0.25, 0.3) is 5.91 Å². The van der Waals surface area contributed by atoms with Crippen LogP contribution < -0.4 is 4.74 Å². The molecule has 0 aliphatic heterocycles. The molecule has 1 aromatic rings. The van der Waals surface area contributed by atoms with E-state index in [1.54, 1.807) is 4.90 Å². The zero-order chi connectivity index (χ0) is 13.5. The number of nitrogens with zero attached hydrogens (tertiary/aromatic N) is 1. The molecule has 0 aromatic heterocycles. The van der Waals surface area contributed by atoms with Gasteiger partial charge in [-0.1, -0.05) is 31.5 Å². The number of aryl methyl sites for hydroxylation is 2. The third-order valence-corrected chi connectivity index (χ3v) is 3.02. The first-order chi connectivity index (χ1) is 8.56. The normalized spacial score (nSPS) is 10.2. The highest BCUT2D eigenvalue weighted by Gasteiger charge is 2.10. The zero-order valence-electron chi connectivity index (χ0n) is 11.8. The van der Waals surface area contributed by atoms with Crippen molar-refractivity contribution in [1.82, 2.24) is 4.90 Å². The maximum Gasteiger partial charge on any atom is 0.260 e. The summed E-state index contributed by atoms with van der Waals surface area (Å²) in [7, 11) is 1.83. The van der Waals surface area contributed by atoms with Gasteiger partial charge in [-0.3, -0.25) is 4.79 Å². The Bertz CT molecular complexity index is 381. The van der Waals surface area contributed by atoms with Crippen LogP contribution in [0.25, 0.3) is 0 Å². The maximum atomic E-state index is 11.8. The Hall–Kier alpha value is -1.51. The number of ether oxygens (including phenoxy) is 1. The molecule has 0 bridgehead atoms. The fraction of sp³-hybridized carbons (Fsp3) is 0.533. The number of likely N-dealkylation sites (N-methyl/N-ethyl adjacent to an activating group) is 1. The highest BCUT2D eigenvalue weighted by atomic mass is 16.5. The molecule has 1 rings (SSSR count). The molecule has 0 atom stereocenters.